The first-order chi connectivity index (χ1) is 7.86. The third-order valence-electron chi connectivity index (χ3n) is 4.05. The Morgan fingerprint density at radius 2 is 2.31 bits per heavy atom. The second-order valence-corrected chi connectivity index (χ2v) is 4.86. The van der Waals surface area contributed by atoms with Gasteiger partial charge in [0.15, 0.2) is 0 Å². The van der Waals surface area contributed by atoms with E-state index in [-0.39, 0.29) is 0 Å². The fourth-order valence-electron chi connectivity index (χ4n) is 3.18. The van der Waals surface area contributed by atoms with Crippen molar-refractivity contribution in [3.05, 3.63) is 18.2 Å². The Kier molecular flexibility index (Phi) is 3.99. The molecule has 0 aromatic carbocycles. The SMILES string of the molecule is CCC1CCCCC1C(NC)c1ncc[nH]1. The van der Waals surface area contributed by atoms with Crippen LogP contribution >= 0.6 is 0 Å². The van der Waals surface area contributed by atoms with Crippen molar-refractivity contribution in [1.29, 1.82) is 0 Å². The van der Waals surface area contributed by atoms with E-state index in [9.17, 15) is 0 Å². The molecule has 0 spiro atoms. The standard InChI is InChI=1S/C13H23N3/c1-3-10-6-4-5-7-11(10)12(14-2)13-15-8-9-16-13/h8-12,14H,3-7H2,1-2H3,(H,15,16). The summed E-state index contributed by atoms with van der Waals surface area (Å²) in [5, 5.41) is 3.44. The number of aromatic amines is 1. The maximum atomic E-state index is 4.41. The van der Waals surface area contributed by atoms with E-state index in [2.05, 4.69) is 29.3 Å². The highest BCUT2D eigenvalue weighted by molar-refractivity contribution is 5.00. The second kappa shape index (κ2) is 5.48. The predicted octanol–water partition coefficient (Wildman–Crippen LogP) is 2.89. The van der Waals surface area contributed by atoms with E-state index in [1.807, 2.05) is 12.4 Å². The quantitative estimate of drug-likeness (QED) is 0.820. The Bertz CT molecular complexity index is 294. The Labute approximate surface area is 98.1 Å². The van der Waals surface area contributed by atoms with Gasteiger partial charge in [-0.15, -0.1) is 0 Å². The van der Waals surface area contributed by atoms with Crippen LogP contribution in [-0.2, 0) is 0 Å². The molecule has 1 fully saturated rings. The summed E-state index contributed by atoms with van der Waals surface area (Å²) in [6.45, 7) is 2.32. The maximum Gasteiger partial charge on any atom is 0.123 e. The molecule has 1 heterocycles. The molecule has 3 unspecified atom stereocenters. The molecule has 3 atom stereocenters. The molecule has 0 saturated heterocycles. The third kappa shape index (κ3) is 2.29. The summed E-state index contributed by atoms with van der Waals surface area (Å²) >= 11 is 0. The highest BCUT2D eigenvalue weighted by atomic mass is 15.0. The number of nitrogens with zero attached hydrogens (tertiary/aromatic N) is 1. The summed E-state index contributed by atoms with van der Waals surface area (Å²) in [6.07, 6.45) is 10.6. The Morgan fingerprint density at radius 3 is 2.94 bits per heavy atom. The number of aromatic nitrogens is 2. The average Bonchev–Trinajstić information content (AvgIpc) is 2.84. The Hall–Kier alpha value is -0.830. The molecule has 1 aromatic heterocycles. The van der Waals surface area contributed by atoms with E-state index in [1.165, 1.54) is 32.1 Å². The molecule has 1 saturated carbocycles. The fourth-order valence-corrected chi connectivity index (χ4v) is 3.18. The molecule has 3 heteroatoms. The topological polar surface area (TPSA) is 40.7 Å². The number of imidazole rings is 1. The van der Waals surface area contributed by atoms with Gasteiger partial charge in [0.25, 0.3) is 0 Å². The zero-order valence-electron chi connectivity index (χ0n) is 10.4. The van der Waals surface area contributed by atoms with E-state index in [0.29, 0.717) is 6.04 Å². The smallest absolute Gasteiger partial charge is 0.123 e. The Balaban J connectivity index is 2.13. The monoisotopic (exact) mass is 221 g/mol. The minimum absolute atomic E-state index is 0.403. The zero-order chi connectivity index (χ0) is 11.4. The predicted molar refractivity (Wildman–Crippen MR) is 66.1 cm³/mol. The van der Waals surface area contributed by atoms with Crippen LogP contribution in [0.4, 0.5) is 0 Å². The number of hydrogen-bond donors (Lipinski definition) is 2. The van der Waals surface area contributed by atoms with Gasteiger partial charge in [-0.25, -0.2) is 4.98 Å². The summed E-state index contributed by atoms with van der Waals surface area (Å²) in [6, 6.07) is 0.403. The molecule has 0 aliphatic heterocycles. The van der Waals surface area contributed by atoms with Gasteiger partial charge >= 0.3 is 0 Å². The molecule has 0 bridgehead atoms. The lowest BCUT2D eigenvalue weighted by atomic mass is 9.74. The van der Waals surface area contributed by atoms with Gasteiger partial charge in [-0.05, 0) is 25.3 Å². The molecule has 3 nitrogen and oxygen atoms in total. The molecule has 1 aromatic rings. The normalized spacial score (nSPS) is 27.9. The highest BCUT2D eigenvalue weighted by Crippen LogP contribution is 2.39. The maximum absolute atomic E-state index is 4.41. The molecule has 2 N–H and O–H groups in total. The van der Waals surface area contributed by atoms with E-state index in [0.717, 1.165) is 17.7 Å². The van der Waals surface area contributed by atoms with Crippen LogP contribution < -0.4 is 5.32 Å². The van der Waals surface area contributed by atoms with Crippen molar-refractivity contribution in [2.24, 2.45) is 11.8 Å². The van der Waals surface area contributed by atoms with E-state index in [4.69, 9.17) is 0 Å². The molecule has 1 aliphatic carbocycles. The van der Waals surface area contributed by atoms with E-state index >= 15 is 0 Å². The summed E-state index contributed by atoms with van der Waals surface area (Å²) < 4.78 is 0. The summed E-state index contributed by atoms with van der Waals surface area (Å²) in [4.78, 5) is 7.67. The van der Waals surface area contributed by atoms with E-state index in [1.54, 1.807) is 0 Å². The van der Waals surface area contributed by atoms with Crippen LogP contribution in [0, 0.1) is 11.8 Å². The average molecular weight is 221 g/mol. The van der Waals surface area contributed by atoms with Crippen LogP contribution in [-0.4, -0.2) is 17.0 Å². The molecular weight excluding hydrogens is 198 g/mol. The highest BCUT2D eigenvalue weighted by Gasteiger charge is 2.31. The van der Waals surface area contributed by atoms with Crippen LogP contribution in [0.3, 0.4) is 0 Å². The van der Waals surface area contributed by atoms with Gasteiger partial charge in [0, 0.05) is 12.4 Å². The van der Waals surface area contributed by atoms with Crippen LogP contribution in [0.1, 0.15) is 50.9 Å². The first kappa shape index (κ1) is 11.6. The summed E-state index contributed by atoms with van der Waals surface area (Å²) in [5.74, 6) is 2.71. The molecule has 2 rings (SSSR count). The molecule has 0 radical (unpaired) electrons. The van der Waals surface area contributed by atoms with Gasteiger partial charge in [-0.2, -0.15) is 0 Å². The van der Waals surface area contributed by atoms with Crippen molar-refractivity contribution in [3.63, 3.8) is 0 Å². The number of nitrogens with one attached hydrogen (secondary N) is 2. The lowest BCUT2D eigenvalue weighted by molar-refractivity contribution is 0.176. The van der Waals surface area contributed by atoms with Crippen molar-refractivity contribution >= 4 is 0 Å². The van der Waals surface area contributed by atoms with Crippen LogP contribution in [0.15, 0.2) is 12.4 Å². The van der Waals surface area contributed by atoms with Gasteiger partial charge < -0.3 is 10.3 Å². The van der Waals surface area contributed by atoms with Gasteiger partial charge in [0.1, 0.15) is 5.82 Å². The number of hydrogen-bond acceptors (Lipinski definition) is 2. The summed E-state index contributed by atoms with van der Waals surface area (Å²) in [5.41, 5.74) is 0. The molecule has 90 valence electrons. The largest absolute Gasteiger partial charge is 0.347 e. The van der Waals surface area contributed by atoms with Crippen LogP contribution in [0.5, 0.6) is 0 Å². The number of rotatable bonds is 4. The van der Waals surface area contributed by atoms with Crippen molar-refractivity contribution in [3.8, 4) is 0 Å². The van der Waals surface area contributed by atoms with Gasteiger partial charge in [0.05, 0.1) is 6.04 Å². The Morgan fingerprint density at radius 1 is 1.50 bits per heavy atom. The van der Waals surface area contributed by atoms with Crippen LogP contribution in [0.2, 0.25) is 0 Å². The molecule has 1 aliphatic rings. The van der Waals surface area contributed by atoms with E-state index < -0.39 is 0 Å². The van der Waals surface area contributed by atoms with Gasteiger partial charge in [0.2, 0.25) is 0 Å². The molecule has 0 amide bonds. The lowest BCUT2D eigenvalue weighted by Gasteiger charge is -2.35. The minimum Gasteiger partial charge on any atom is -0.347 e. The minimum atomic E-state index is 0.403. The third-order valence-corrected chi connectivity index (χ3v) is 4.05. The first-order valence-electron chi connectivity index (χ1n) is 6.53. The molecule has 16 heavy (non-hydrogen) atoms. The number of H-pyrrole nitrogens is 1. The zero-order valence-corrected chi connectivity index (χ0v) is 10.4. The van der Waals surface area contributed by atoms with Crippen molar-refractivity contribution in [2.75, 3.05) is 7.05 Å². The second-order valence-electron chi connectivity index (χ2n) is 4.86. The molecular formula is C13H23N3. The van der Waals surface area contributed by atoms with Gasteiger partial charge in [-0.3, -0.25) is 0 Å². The van der Waals surface area contributed by atoms with Crippen molar-refractivity contribution in [1.82, 2.24) is 15.3 Å². The lowest BCUT2D eigenvalue weighted by Crippen LogP contribution is -2.33. The van der Waals surface area contributed by atoms with Gasteiger partial charge in [-0.1, -0.05) is 32.6 Å². The van der Waals surface area contributed by atoms with Crippen LogP contribution in [0.25, 0.3) is 0 Å². The van der Waals surface area contributed by atoms with Crippen molar-refractivity contribution in [2.45, 2.75) is 45.1 Å². The first-order valence-corrected chi connectivity index (χ1v) is 6.53. The summed E-state index contributed by atoms with van der Waals surface area (Å²) in [7, 11) is 2.05. The fraction of sp³-hybridized carbons (Fsp3) is 0.769. The van der Waals surface area contributed by atoms with Crippen molar-refractivity contribution < 1.29 is 0 Å².